The van der Waals surface area contributed by atoms with Gasteiger partial charge in [-0.25, -0.2) is 0 Å². The third-order valence-electron chi connectivity index (χ3n) is 3.07. The van der Waals surface area contributed by atoms with Crippen molar-refractivity contribution in [2.45, 2.75) is 68.2 Å². The van der Waals surface area contributed by atoms with Crippen LogP contribution in [0.2, 0.25) is 0 Å². The highest BCUT2D eigenvalue weighted by Crippen LogP contribution is 2.39. The second-order valence-electron chi connectivity index (χ2n) is 4.43. The Morgan fingerprint density at radius 2 is 1.81 bits per heavy atom. The van der Waals surface area contributed by atoms with Gasteiger partial charge in [-0.1, -0.05) is 26.2 Å². The van der Waals surface area contributed by atoms with E-state index in [4.69, 9.17) is 5.73 Å². The van der Waals surface area contributed by atoms with E-state index in [0.29, 0.717) is 6.42 Å². The average Bonchev–Trinajstić information content (AvgIpc) is 2.25. The van der Waals surface area contributed by atoms with Crippen LogP contribution in [0.3, 0.4) is 0 Å². The summed E-state index contributed by atoms with van der Waals surface area (Å²) in [7, 11) is 0. The molecule has 0 radical (unpaired) electrons. The third-order valence-corrected chi connectivity index (χ3v) is 4.84. The molecule has 0 aromatic rings. The summed E-state index contributed by atoms with van der Waals surface area (Å²) < 4.78 is 38.4. The van der Waals surface area contributed by atoms with Crippen LogP contribution in [0.1, 0.15) is 45.4 Å². The van der Waals surface area contributed by atoms with E-state index in [2.05, 4.69) is 0 Å². The third kappa shape index (κ3) is 4.17. The molecule has 2 atom stereocenters. The highest BCUT2D eigenvalue weighted by atomic mass is 32.2. The summed E-state index contributed by atoms with van der Waals surface area (Å²) >= 11 is 1.06. The quantitative estimate of drug-likeness (QED) is 0.828. The monoisotopic (exact) mass is 255 g/mol. The van der Waals surface area contributed by atoms with Crippen molar-refractivity contribution in [3.8, 4) is 0 Å². The Morgan fingerprint density at radius 1 is 1.25 bits per heavy atom. The molecule has 0 amide bonds. The van der Waals surface area contributed by atoms with E-state index in [9.17, 15) is 13.2 Å². The molecule has 16 heavy (non-hydrogen) atoms. The fourth-order valence-electron chi connectivity index (χ4n) is 2.04. The molecule has 0 aromatic heterocycles. The summed E-state index contributed by atoms with van der Waals surface area (Å²) in [6.07, 6.45) is 1.31. The van der Waals surface area contributed by atoms with Crippen molar-refractivity contribution in [3.63, 3.8) is 0 Å². The molecule has 1 saturated carbocycles. The lowest BCUT2D eigenvalue weighted by Gasteiger charge is -2.30. The van der Waals surface area contributed by atoms with Crippen molar-refractivity contribution in [1.82, 2.24) is 0 Å². The fourth-order valence-corrected chi connectivity index (χ4v) is 3.61. The second kappa shape index (κ2) is 6.15. The minimum atomic E-state index is -4.17. The number of alkyl halides is 3. The van der Waals surface area contributed by atoms with Gasteiger partial charge in [-0.3, -0.25) is 0 Å². The molecule has 0 aromatic carbocycles. The predicted molar refractivity (Wildman–Crippen MR) is 62.6 cm³/mol. The molecule has 2 N–H and O–H groups in total. The van der Waals surface area contributed by atoms with E-state index >= 15 is 0 Å². The zero-order chi connectivity index (χ0) is 12.2. The second-order valence-corrected chi connectivity index (χ2v) is 5.88. The van der Waals surface area contributed by atoms with Crippen molar-refractivity contribution in [2.75, 3.05) is 0 Å². The Labute approximate surface area is 99.3 Å². The number of nitrogens with two attached hydrogens (primary N) is 1. The van der Waals surface area contributed by atoms with Crippen LogP contribution in [0.5, 0.6) is 0 Å². The summed E-state index contributed by atoms with van der Waals surface area (Å²) in [5.74, 6) is 0. The normalized spacial score (nSPS) is 23.1. The average molecular weight is 255 g/mol. The lowest BCUT2D eigenvalue weighted by Crippen LogP contribution is -2.43. The Hall–Kier alpha value is 0.100. The van der Waals surface area contributed by atoms with Gasteiger partial charge in [0.1, 0.15) is 5.25 Å². The van der Waals surface area contributed by atoms with Gasteiger partial charge in [-0.2, -0.15) is 13.2 Å². The number of halogens is 3. The molecule has 0 aliphatic heterocycles. The minimum absolute atomic E-state index is 0.151. The first kappa shape index (κ1) is 14.2. The molecule has 1 nitrogen and oxygen atoms in total. The lowest BCUT2D eigenvalue weighted by atomic mass is 10.0. The highest BCUT2D eigenvalue weighted by Gasteiger charge is 2.44. The van der Waals surface area contributed by atoms with Crippen molar-refractivity contribution in [2.24, 2.45) is 5.73 Å². The molecule has 1 fully saturated rings. The highest BCUT2D eigenvalue weighted by molar-refractivity contribution is 8.00. The predicted octanol–water partition coefficient (Wildman–Crippen LogP) is 3.72. The Bertz CT molecular complexity index is 202. The van der Waals surface area contributed by atoms with Gasteiger partial charge in [0.2, 0.25) is 0 Å². The molecule has 0 bridgehead atoms. The van der Waals surface area contributed by atoms with Gasteiger partial charge in [-0.15, -0.1) is 11.8 Å². The van der Waals surface area contributed by atoms with E-state index in [1.165, 1.54) is 0 Å². The van der Waals surface area contributed by atoms with Crippen LogP contribution in [0.15, 0.2) is 0 Å². The molecule has 96 valence electrons. The van der Waals surface area contributed by atoms with Crippen molar-refractivity contribution in [1.29, 1.82) is 0 Å². The molecule has 0 spiro atoms. The molecule has 0 heterocycles. The maximum atomic E-state index is 12.8. The Balaban J connectivity index is 2.55. The smallest absolute Gasteiger partial charge is 0.326 e. The summed E-state index contributed by atoms with van der Waals surface area (Å²) in [5.41, 5.74) is 5.58. The van der Waals surface area contributed by atoms with Crippen molar-refractivity contribution in [3.05, 3.63) is 0 Å². The number of hydrogen-bond acceptors (Lipinski definition) is 2. The van der Waals surface area contributed by atoms with Gasteiger partial charge >= 0.3 is 6.18 Å². The first-order chi connectivity index (χ1) is 7.45. The summed E-state index contributed by atoms with van der Waals surface area (Å²) in [4.78, 5) is 0. The van der Waals surface area contributed by atoms with Crippen LogP contribution in [-0.2, 0) is 0 Å². The molecule has 5 heteroatoms. The molecule has 2 unspecified atom stereocenters. The van der Waals surface area contributed by atoms with Gasteiger partial charge in [0, 0.05) is 11.3 Å². The van der Waals surface area contributed by atoms with Crippen LogP contribution in [0, 0.1) is 0 Å². The topological polar surface area (TPSA) is 26.0 Å². The first-order valence-electron chi connectivity index (χ1n) is 5.93. The minimum Gasteiger partial charge on any atom is -0.326 e. The number of thioether (sulfide) groups is 1. The van der Waals surface area contributed by atoms with Crippen molar-refractivity contribution < 1.29 is 13.2 Å². The SMILES string of the molecule is CCC(N)C(SC1CCCCC1)C(F)(F)F. The fraction of sp³-hybridized carbons (Fsp3) is 1.00. The molecular weight excluding hydrogens is 235 g/mol. The van der Waals surface area contributed by atoms with Gasteiger partial charge in [0.15, 0.2) is 0 Å². The maximum absolute atomic E-state index is 12.8. The molecule has 1 rings (SSSR count). The maximum Gasteiger partial charge on any atom is 0.402 e. The molecule has 1 aliphatic carbocycles. The van der Waals surface area contributed by atoms with Gasteiger partial charge in [0.05, 0.1) is 0 Å². The summed E-state index contributed by atoms with van der Waals surface area (Å²) in [6, 6.07) is -0.771. The van der Waals surface area contributed by atoms with Crippen molar-refractivity contribution >= 4 is 11.8 Å². The van der Waals surface area contributed by atoms with E-state index in [-0.39, 0.29) is 5.25 Å². The van der Waals surface area contributed by atoms with Gasteiger partial charge in [-0.05, 0) is 19.3 Å². The van der Waals surface area contributed by atoms with E-state index in [0.717, 1.165) is 43.9 Å². The number of rotatable bonds is 4. The lowest BCUT2D eigenvalue weighted by molar-refractivity contribution is -0.132. The van der Waals surface area contributed by atoms with E-state index < -0.39 is 17.5 Å². The summed E-state index contributed by atoms with van der Waals surface area (Å²) in [6.45, 7) is 1.71. The zero-order valence-corrected chi connectivity index (χ0v) is 10.4. The summed E-state index contributed by atoms with van der Waals surface area (Å²) in [5, 5.41) is -1.24. The number of hydrogen-bond donors (Lipinski definition) is 1. The molecular formula is C11H20F3NS. The molecule has 0 saturated heterocycles. The largest absolute Gasteiger partial charge is 0.402 e. The Kier molecular flexibility index (Phi) is 5.44. The molecule has 1 aliphatic rings. The van der Waals surface area contributed by atoms with E-state index in [1.807, 2.05) is 0 Å². The van der Waals surface area contributed by atoms with Crippen LogP contribution in [0.25, 0.3) is 0 Å². The van der Waals surface area contributed by atoms with Crippen LogP contribution in [0.4, 0.5) is 13.2 Å². The van der Waals surface area contributed by atoms with Gasteiger partial charge in [0.25, 0.3) is 0 Å². The van der Waals surface area contributed by atoms with Crippen LogP contribution < -0.4 is 5.73 Å². The first-order valence-corrected chi connectivity index (χ1v) is 6.87. The van der Waals surface area contributed by atoms with Crippen LogP contribution >= 0.6 is 11.8 Å². The van der Waals surface area contributed by atoms with Gasteiger partial charge < -0.3 is 5.73 Å². The zero-order valence-electron chi connectivity index (χ0n) is 9.59. The standard InChI is InChI=1S/C11H20F3NS/c1-2-9(15)10(11(12,13)14)16-8-6-4-3-5-7-8/h8-10H,2-7,15H2,1H3. The van der Waals surface area contributed by atoms with E-state index in [1.54, 1.807) is 6.92 Å². The Morgan fingerprint density at radius 3 is 2.25 bits per heavy atom. The van der Waals surface area contributed by atoms with Crippen LogP contribution in [-0.4, -0.2) is 22.7 Å².